The first-order chi connectivity index (χ1) is 9.34. The van der Waals surface area contributed by atoms with E-state index in [1.54, 1.807) is 17.2 Å². The maximum absolute atomic E-state index is 12.1. The number of carbonyl (C=O) groups excluding carboxylic acids is 1. The van der Waals surface area contributed by atoms with Gasteiger partial charge in [-0.1, -0.05) is 12.1 Å². The van der Waals surface area contributed by atoms with Gasteiger partial charge in [0.15, 0.2) is 0 Å². The van der Waals surface area contributed by atoms with Crippen LogP contribution in [0.1, 0.15) is 19.3 Å². The predicted octanol–water partition coefficient (Wildman–Crippen LogP) is 3.22. The minimum absolute atomic E-state index is 0.254. The number of likely N-dealkylation sites (tertiary alicyclic amines) is 1. The smallest absolute Gasteiger partial charge is 0.409 e. The summed E-state index contributed by atoms with van der Waals surface area (Å²) < 4.78 is 5.51. The number of fused-ring (bicyclic) bond motifs is 1. The van der Waals surface area contributed by atoms with Crippen LogP contribution in [0.2, 0.25) is 0 Å². The minimum Gasteiger partial charge on any atom is -0.409 e. The Morgan fingerprint density at radius 2 is 1.89 bits per heavy atom. The van der Waals surface area contributed by atoms with Crippen LogP contribution < -0.4 is 4.74 Å². The van der Waals surface area contributed by atoms with Crippen LogP contribution in [0.25, 0.3) is 10.9 Å². The molecule has 0 spiro atoms. The van der Waals surface area contributed by atoms with E-state index in [0.717, 1.165) is 36.8 Å². The standard InChI is InChI=1S/C15H16N2O2/c18-15(17-10-4-1-5-11-17)19-14-8-9-16-13-7-3-2-6-12(13)14/h2-3,6-9H,1,4-5,10-11H2. The van der Waals surface area contributed by atoms with Crippen molar-refractivity contribution in [2.45, 2.75) is 19.3 Å². The van der Waals surface area contributed by atoms with E-state index in [-0.39, 0.29) is 6.09 Å². The number of para-hydroxylation sites is 1. The first kappa shape index (κ1) is 12.0. The van der Waals surface area contributed by atoms with Crippen molar-refractivity contribution in [1.29, 1.82) is 0 Å². The van der Waals surface area contributed by atoms with Gasteiger partial charge in [-0.3, -0.25) is 4.98 Å². The third-order valence-electron chi connectivity index (χ3n) is 3.42. The van der Waals surface area contributed by atoms with E-state index in [1.807, 2.05) is 24.3 Å². The zero-order valence-corrected chi connectivity index (χ0v) is 10.7. The molecule has 0 saturated carbocycles. The van der Waals surface area contributed by atoms with E-state index in [9.17, 15) is 4.79 Å². The number of amides is 1. The maximum Gasteiger partial charge on any atom is 0.415 e. The Bertz CT molecular complexity index is 586. The average Bonchev–Trinajstić information content (AvgIpc) is 2.48. The molecule has 0 N–H and O–H groups in total. The van der Waals surface area contributed by atoms with Crippen LogP contribution in [0.3, 0.4) is 0 Å². The molecular formula is C15H16N2O2. The van der Waals surface area contributed by atoms with Crippen LogP contribution in [0.4, 0.5) is 4.79 Å². The average molecular weight is 256 g/mol. The Hall–Kier alpha value is -2.10. The van der Waals surface area contributed by atoms with E-state index in [4.69, 9.17) is 4.74 Å². The number of hydrogen-bond acceptors (Lipinski definition) is 3. The Morgan fingerprint density at radius 1 is 1.11 bits per heavy atom. The Balaban J connectivity index is 1.82. The molecule has 4 nitrogen and oxygen atoms in total. The molecule has 4 heteroatoms. The molecule has 0 atom stereocenters. The number of hydrogen-bond donors (Lipinski definition) is 0. The Labute approximate surface area is 112 Å². The monoisotopic (exact) mass is 256 g/mol. The van der Waals surface area contributed by atoms with Crippen molar-refractivity contribution in [3.05, 3.63) is 36.5 Å². The topological polar surface area (TPSA) is 42.4 Å². The molecule has 0 bridgehead atoms. The van der Waals surface area contributed by atoms with Crippen molar-refractivity contribution in [2.24, 2.45) is 0 Å². The van der Waals surface area contributed by atoms with Gasteiger partial charge in [-0.2, -0.15) is 0 Å². The summed E-state index contributed by atoms with van der Waals surface area (Å²) >= 11 is 0. The number of aromatic nitrogens is 1. The first-order valence-corrected chi connectivity index (χ1v) is 6.65. The molecule has 1 fully saturated rings. The summed E-state index contributed by atoms with van der Waals surface area (Å²) in [4.78, 5) is 18.1. The van der Waals surface area contributed by atoms with Crippen LogP contribution >= 0.6 is 0 Å². The lowest BCUT2D eigenvalue weighted by Crippen LogP contribution is -2.37. The maximum atomic E-state index is 12.1. The normalized spacial score (nSPS) is 15.5. The highest BCUT2D eigenvalue weighted by molar-refractivity contribution is 5.87. The molecule has 1 aliphatic rings. The van der Waals surface area contributed by atoms with Gasteiger partial charge in [0.2, 0.25) is 0 Å². The number of pyridine rings is 1. The summed E-state index contributed by atoms with van der Waals surface area (Å²) in [6, 6.07) is 9.41. The SMILES string of the molecule is O=C(Oc1ccnc2ccccc12)N1CCCCC1. The third kappa shape index (κ3) is 2.52. The first-order valence-electron chi connectivity index (χ1n) is 6.65. The van der Waals surface area contributed by atoms with Gasteiger partial charge in [0, 0.05) is 24.7 Å². The molecule has 2 heterocycles. The molecule has 1 aromatic carbocycles. The molecule has 19 heavy (non-hydrogen) atoms. The van der Waals surface area contributed by atoms with E-state index in [1.165, 1.54) is 6.42 Å². The third-order valence-corrected chi connectivity index (χ3v) is 3.42. The Kier molecular flexibility index (Phi) is 3.31. The summed E-state index contributed by atoms with van der Waals surface area (Å²) in [7, 11) is 0. The zero-order chi connectivity index (χ0) is 13.1. The van der Waals surface area contributed by atoms with Crippen LogP contribution in [-0.4, -0.2) is 29.1 Å². The lowest BCUT2D eigenvalue weighted by Gasteiger charge is -2.25. The second kappa shape index (κ2) is 5.26. The summed E-state index contributed by atoms with van der Waals surface area (Å²) in [5.74, 6) is 0.584. The fourth-order valence-corrected chi connectivity index (χ4v) is 2.39. The minimum atomic E-state index is -0.254. The van der Waals surface area contributed by atoms with Crippen molar-refractivity contribution in [2.75, 3.05) is 13.1 Å². The molecule has 1 amide bonds. The van der Waals surface area contributed by atoms with E-state index in [0.29, 0.717) is 5.75 Å². The Morgan fingerprint density at radius 3 is 2.74 bits per heavy atom. The highest BCUT2D eigenvalue weighted by atomic mass is 16.6. The second-order valence-electron chi connectivity index (χ2n) is 4.74. The number of rotatable bonds is 1. The lowest BCUT2D eigenvalue weighted by atomic mass is 10.1. The fourth-order valence-electron chi connectivity index (χ4n) is 2.39. The molecule has 1 aromatic heterocycles. The van der Waals surface area contributed by atoms with Gasteiger partial charge in [0.1, 0.15) is 5.75 Å². The number of piperidine rings is 1. The highest BCUT2D eigenvalue weighted by Gasteiger charge is 2.19. The molecule has 0 aliphatic carbocycles. The van der Waals surface area contributed by atoms with Crippen LogP contribution in [0.5, 0.6) is 5.75 Å². The summed E-state index contributed by atoms with van der Waals surface area (Å²) in [5, 5.41) is 0.871. The number of carbonyl (C=O) groups is 1. The molecule has 3 rings (SSSR count). The van der Waals surface area contributed by atoms with Gasteiger partial charge in [-0.25, -0.2) is 4.79 Å². The molecule has 1 aliphatic heterocycles. The number of ether oxygens (including phenoxy) is 1. The fraction of sp³-hybridized carbons (Fsp3) is 0.333. The molecule has 0 unspecified atom stereocenters. The predicted molar refractivity (Wildman–Crippen MR) is 73.2 cm³/mol. The molecule has 0 radical (unpaired) electrons. The summed E-state index contributed by atoms with van der Waals surface area (Å²) in [6.45, 7) is 1.59. The number of nitrogens with zero attached hydrogens (tertiary/aromatic N) is 2. The molecule has 2 aromatic rings. The van der Waals surface area contributed by atoms with Crippen molar-refractivity contribution < 1.29 is 9.53 Å². The van der Waals surface area contributed by atoms with Crippen LogP contribution in [0, 0.1) is 0 Å². The molecule has 98 valence electrons. The lowest BCUT2D eigenvalue weighted by molar-refractivity contribution is 0.143. The highest BCUT2D eigenvalue weighted by Crippen LogP contribution is 2.24. The van der Waals surface area contributed by atoms with Crippen molar-refractivity contribution in [1.82, 2.24) is 9.88 Å². The molecule has 1 saturated heterocycles. The van der Waals surface area contributed by atoms with Crippen molar-refractivity contribution in [3.8, 4) is 5.75 Å². The van der Waals surface area contributed by atoms with Crippen LogP contribution in [0.15, 0.2) is 36.5 Å². The summed E-state index contributed by atoms with van der Waals surface area (Å²) in [6.07, 6.45) is 4.73. The van der Waals surface area contributed by atoms with Crippen molar-refractivity contribution in [3.63, 3.8) is 0 Å². The molecular weight excluding hydrogens is 240 g/mol. The van der Waals surface area contributed by atoms with Crippen LogP contribution in [-0.2, 0) is 0 Å². The van der Waals surface area contributed by atoms with Gasteiger partial charge in [-0.15, -0.1) is 0 Å². The second-order valence-corrected chi connectivity index (χ2v) is 4.74. The van der Waals surface area contributed by atoms with Gasteiger partial charge >= 0.3 is 6.09 Å². The van der Waals surface area contributed by atoms with E-state index >= 15 is 0 Å². The van der Waals surface area contributed by atoms with Gasteiger partial charge in [0.05, 0.1) is 5.52 Å². The zero-order valence-electron chi connectivity index (χ0n) is 10.7. The van der Waals surface area contributed by atoms with Gasteiger partial charge in [-0.05, 0) is 37.5 Å². The van der Waals surface area contributed by atoms with E-state index < -0.39 is 0 Å². The van der Waals surface area contributed by atoms with E-state index in [2.05, 4.69) is 4.98 Å². The number of benzene rings is 1. The quantitative estimate of drug-likeness (QED) is 0.786. The largest absolute Gasteiger partial charge is 0.415 e. The van der Waals surface area contributed by atoms with Gasteiger partial charge in [0.25, 0.3) is 0 Å². The summed E-state index contributed by atoms with van der Waals surface area (Å²) in [5.41, 5.74) is 0.839. The van der Waals surface area contributed by atoms with Crippen molar-refractivity contribution >= 4 is 17.0 Å². The van der Waals surface area contributed by atoms with Gasteiger partial charge < -0.3 is 9.64 Å².